The summed E-state index contributed by atoms with van der Waals surface area (Å²) in [5.41, 5.74) is 2.00. The minimum atomic E-state index is -0.152. The Hall–Kier alpha value is -2.33. The number of hydrogen-bond donors (Lipinski definition) is 0. The number of halogens is 2. The molecule has 0 N–H and O–H groups in total. The summed E-state index contributed by atoms with van der Waals surface area (Å²) in [6, 6.07) is 8.97. The van der Waals surface area contributed by atoms with Crippen molar-refractivity contribution in [2.75, 3.05) is 12.0 Å². The zero-order valence-corrected chi connectivity index (χ0v) is 19.0. The number of methoxy groups -OCH3 is 1. The van der Waals surface area contributed by atoms with E-state index in [2.05, 4.69) is 15.2 Å². The number of carbonyl (C=O) groups excluding carboxylic acids is 1. The molecule has 7 nitrogen and oxygen atoms in total. The number of fused-ring (bicyclic) bond motifs is 1. The van der Waals surface area contributed by atoms with E-state index in [1.807, 2.05) is 29.6 Å². The lowest BCUT2D eigenvalue weighted by atomic mass is 10.2. The Morgan fingerprint density at radius 3 is 2.87 bits per heavy atom. The molecule has 0 atom stereocenters. The molecule has 3 heterocycles. The molecule has 0 aliphatic carbocycles. The average molecular weight is 480 g/mol. The van der Waals surface area contributed by atoms with Gasteiger partial charge in [-0.2, -0.15) is 0 Å². The number of rotatable bonds is 6. The fraction of sp³-hybridized carbons (Fsp3) is 0.158. The van der Waals surface area contributed by atoms with Crippen LogP contribution in [0.5, 0.6) is 5.75 Å². The monoisotopic (exact) mass is 479 g/mol. The Bertz CT molecular complexity index is 1230. The molecule has 0 aliphatic heterocycles. The Kier molecular flexibility index (Phi) is 6.14. The Labute approximate surface area is 190 Å². The maximum Gasteiger partial charge on any atom is 0.230 e. The normalized spacial score (nSPS) is 11.1. The number of para-hydroxylation sites is 2. The predicted octanol–water partition coefficient (Wildman–Crippen LogP) is 5.48. The molecule has 154 valence electrons. The van der Waals surface area contributed by atoms with Crippen LogP contribution in [0.15, 0.2) is 47.1 Å². The summed E-state index contributed by atoms with van der Waals surface area (Å²) in [5.74, 6) is 0.988. The molecule has 3 aromatic heterocycles. The molecule has 0 radical (unpaired) electrons. The quantitative estimate of drug-likeness (QED) is 0.341. The summed E-state index contributed by atoms with van der Waals surface area (Å²) < 4.78 is 7.15. The van der Waals surface area contributed by atoms with Gasteiger partial charge in [-0.3, -0.25) is 14.1 Å². The molecule has 1 aromatic carbocycles. The number of hydrogen-bond acceptors (Lipinski definition) is 7. The van der Waals surface area contributed by atoms with Gasteiger partial charge in [0.1, 0.15) is 5.75 Å². The summed E-state index contributed by atoms with van der Waals surface area (Å²) >= 11 is 15.1. The zero-order valence-electron chi connectivity index (χ0n) is 15.9. The van der Waals surface area contributed by atoms with Crippen molar-refractivity contribution in [2.24, 2.45) is 0 Å². The van der Waals surface area contributed by atoms with Gasteiger partial charge in [-0.15, -0.1) is 21.5 Å². The number of benzene rings is 1. The maximum atomic E-state index is 12.4. The molecule has 30 heavy (non-hydrogen) atoms. The summed E-state index contributed by atoms with van der Waals surface area (Å²) in [4.78, 5) is 18.5. The van der Waals surface area contributed by atoms with Gasteiger partial charge in [0, 0.05) is 24.3 Å². The van der Waals surface area contributed by atoms with E-state index in [1.54, 1.807) is 28.7 Å². The number of anilines is 2. The van der Waals surface area contributed by atoms with E-state index in [-0.39, 0.29) is 5.91 Å². The van der Waals surface area contributed by atoms with E-state index in [9.17, 15) is 4.79 Å². The Morgan fingerprint density at radius 1 is 1.30 bits per heavy atom. The number of ether oxygens (including phenoxy) is 1. The van der Waals surface area contributed by atoms with E-state index in [0.29, 0.717) is 43.2 Å². The van der Waals surface area contributed by atoms with Crippen LogP contribution < -0.4 is 9.64 Å². The van der Waals surface area contributed by atoms with E-state index < -0.39 is 0 Å². The predicted molar refractivity (Wildman–Crippen MR) is 120 cm³/mol. The lowest BCUT2D eigenvalue weighted by Gasteiger charge is -2.20. The average Bonchev–Trinajstić information content (AvgIpc) is 3.34. The van der Waals surface area contributed by atoms with Crippen molar-refractivity contribution in [3.8, 4) is 5.75 Å². The van der Waals surface area contributed by atoms with Crippen LogP contribution in [0.25, 0.3) is 5.65 Å². The first-order valence-electron chi connectivity index (χ1n) is 8.68. The van der Waals surface area contributed by atoms with Gasteiger partial charge in [-0.25, -0.2) is 4.98 Å². The minimum absolute atomic E-state index is 0.152. The molecule has 1 amide bonds. The van der Waals surface area contributed by atoms with Crippen molar-refractivity contribution in [1.82, 2.24) is 19.6 Å². The summed E-state index contributed by atoms with van der Waals surface area (Å²) in [6.07, 6.45) is 1.72. The largest absolute Gasteiger partial charge is 0.495 e. The lowest BCUT2D eigenvalue weighted by molar-refractivity contribution is -0.115. The minimum Gasteiger partial charge on any atom is -0.495 e. The Morgan fingerprint density at radius 2 is 2.10 bits per heavy atom. The van der Waals surface area contributed by atoms with Gasteiger partial charge < -0.3 is 4.74 Å². The molecular formula is C19H15Cl2N5O2S2. The summed E-state index contributed by atoms with van der Waals surface area (Å²) in [5, 5.41) is 12.4. The molecule has 0 saturated carbocycles. The third-order valence-corrected chi connectivity index (χ3v) is 6.45. The highest BCUT2D eigenvalue weighted by Gasteiger charge is 2.21. The third-order valence-electron chi connectivity index (χ3n) is 4.12. The van der Waals surface area contributed by atoms with Crippen molar-refractivity contribution in [2.45, 2.75) is 17.8 Å². The lowest BCUT2D eigenvalue weighted by Crippen LogP contribution is -2.23. The third kappa shape index (κ3) is 4.11. The Balaban J connectivity index is 1.57. The second-order valence-corrected chi connectivity index (χ2v) is 8.74. The topological polar surface area (TPSA) is 72.6 Å². The number of amides is 1. The molecule has 0 unspecified atom stereocenters. The van der Waals surface area contributed by atoms with E-state index in [4.69, 9.17) is 27.9 Å². The van der Waals surface area contributed by atoms with Gasteiger partial charge in [0.25, 0.3) is 0 Å². The zero-order chi connectivity index (χ0) is 21.3. The van der Waals surface area contributed by atoms with E-state index >= 15 is 0 Å². The van der Waals surface area contributed by atoms with Crippen LogP contribution in [-0.4, -0.2) is 32.6 Å². The second kappa shape index (κ2) is 8.81. The van der Waals surface area contributed by atoms with Crippen LogP contribution in [0.3, 0.4) is 0 Å². The van der Waals surface area contributed by atoms with Crippen LogP contribution >= 0.6 is 46.3 Å². The van der Waals surface area contributed by atoms with E-state index in [0.717, 1.165) is 5.69 Å². The van der Waals surface area contributed by atoms with Gasteiger partial charge in [-0.05, 0) is 18.2 Å². The van der Waals surface area contributed by atoms with Crippen molar-refractivity contribution in [3.63, 3.8) is 0 Å². The second-order valence-electron chi connectivity index (χ2n) is 6.12. The first-order chi connectivity index (χ1) is 14.5. The highest BCUT2D eigenvalue weighted by atomic mass is 35.5. The van der Waals surface area contributed by atoms with Gasteiger partial charge in [0.15, 0.2) is 15.9 Å². The van der Waals surface area contributed by atoms with Crippen molar-refractivity contribution < 1.29 is 9.53 Å². The van der Waals surface area contributed by atoms with Crippen LogP contribution in [-0.2, 0) is 10.5 Å². The number of thioether (sulfide) groups is 1. The first-order valence-corrected chi connectivity index (χ1v) is 11.3. The van der Waals surface area contributed by atoms with Gasteiger partial charge in [0.2, 0.25) is 5.91 Å². The highest BCUT2D eigenvalue weighted by Crippen LogP contribution is 2.36. The number of aromatic nitrogens is 4. The van der Waals surface area contributed by atoms with Crippen LogP contribution in [0.2, 0.25) is 10.0 Å². The molecule has 4 rings (SSSR count). The van der Waals surface area contributed by atoms with E-state index in [1.165, 1.54) is 30.0 Å². The molecule has 0 saturated heterocycles. The highest BCUT2D eigenvalue weighted by molar-refractivity contribution is 7.98. The fourth-order valence-corrected chi connectivity index (χ4v) is 5.12. The van der Waals surface area contributed by atoms with Crippen molar-refractivity contribution in [1.29, 1.82) is 0 Å². The van der Waals surface area contributed by atoms with Crippen molar-refractivity contribution >= 4 is 68.7 Å². The molecule has 0 fully saturated rings. The maximum absolute atomic E-state index is 12.4. The van der Waals surface area contributed by atoms with Gasteiger partial charge in [-0.1, -0.05) is 47.1 Å². The molecule has 0 bridgehead atoms. The van der Waals surface area contributed by atoms with Crippen LogP contribution in [0.4, 0.5) is 10.8 Å². The SMILES string of the molecule is COc1ccccc1N(C(C)=O)c1nc(CSc2nnc3c(Cl)cc(Cl)cn23)cs1. The smallest absolute Gasteiger partial charge is 0.230 e. The molecule has 4 aromatic rings. The van der Waals surface area contributed by atoms with Crippen molar-refractivity contribution in [3.05, 3.63) is 57.6 Å². The number of nitrogens with zero attached hydrogens (tertiary/aromatic N) is 5. The number of pyridine rings is 1. The standard InChI is InChI=1S/C19H15Cl2N5O2S2/c1-11(27)26(15-5-3-4-6-16(15)28-2)18-22-13(9-29-18)10-30-19-24-23-17-14(21)7-12(20)8-25(17)19/h3-9H,10H2,1-2H3. The van der Waals surface area contributed by atoms with Crippen LogP contribution in [0.1, 0.15) is 12.6 Å². The van der Waals surface area contributed by atoms with Gasteiger partial charge in [0.05, 0.1) is 28.5 Å². The summed E-state index contributed by atoms with van der Waals surface area (Å²) in [6.45, 7) is 1.50. The fourth-order valence-electron chi connectivity index (χ4n) is 2.83. The van der Waals surface area contributed by atoms with Crippen LogP contribution in [0, 0.1) is 0 Å². The molecule has 11 heteroatoms. The number of thiazole rings is 1. The first kappa shape index (κ1) is 20.9. The number of carbonyl (C=O) groups is 1. The molecular weight excluding hydrogens is 465 g/mol. The molecule has 0 aliphatic rings. The molecule has 0 spiro atoms. The summed E-state index contributed by atoms with van der Waals surface area (Å²) in [7, 11) is 1.57. The van der Waals surface area contributed by atoms with Gasteiger partial charge >= 0.3 is 0 Å².